The van der Waals surface area contributed by atoms with Gasteiger partial charge >= 0.3 is 0 Å². The monoisotopic (exact) mass is 170 g/mol. The molecule has 0 amide bonds. The van der Waals surface area contributed by atoms with Gasteiger partial charge < -0.3 is 9.84 Å². The van der Waals surface area contributed by atoms with E-state index >= 15 is 0 Å². The van der Waals surface area contributed by atoms with Gasteiger partial charge in [0.2, 0.25) is 0 Å². The van der Waals surface area contributed by atoms with E-state index in [-0.39, 0.29) is 5.60 Å². The van der Waals surface area contributed by atoms with E-state index in [9.17, 15) is 5.11 Å². The van der Waals surface area contributed by atoms with E-state index in [0.717, 1.165) is 32.3 Å². The summed E-state index contributed by atoms with van der Waals surface area (Å²) in [4.78, 5) is 0. The third-order valence-corrected chi connectivity index (χ3v) is 3.03. The summed E-state index contributed by atoms with van der Waals surface area (Å²) in [7, 11) is 0. The van der Waals surface area contributed by atoms with Crippen LogP contribution in [0.4, 0.5) is 0 Å². The fourth-order valence-electron chi connectivity index (χ4n) is 1.86. The molecule has 1 unspecified atom stereocenters. The number of hydrogen-bond acceptors (Lipinski definition) is 2. The molecule has 0 bridgehead atoms. The molecular weight excluding hydrogens is 152 g/mol. The van der Waals surface area contributed by atoms with Gasteiger partial charge in [-0.3, -0.25) is 0 Å². The SMILES string of the molecule is OC1(CCC2CCCCO2)CC1. The maximum atomic E-state index is 9.60. The first-order valence-corrected chi connectivity index (χ1v) is 5.13. The van der Waals surface area contributed by atoms with Crippen LogP contribution in [0, 0.1) is 0 Å². The van der Waals surface area contributed by atoms with E-state index in [4.69, 9.17) is 4.74 Å². The van der Waals surface area contributed by atoms with Crippen molar-refractivity contribution in [3.63, 3.8) is 0 Å². The van der Waals surface area contributed by atoms with Crippen molar-refractivity contribution in [1.82, 2.24) is 0 Å². The first kappa shape index (κ1) is 8.52. The first-order valence-electron chi connectivity index (χ1n) is 5.13. The highest BCUT2D eigenvalue weighted by Crippen LogP contribution is 2.40. The Balaban J connectivity index is 1.65. The van der Waals surface area contributed by atoms with Crippen molar-refractivity contribution in [3.8, 4) is 0 Å². The second kappa shape index (κ2) is 3.35. The fraction of sp³-hybridized carbons (Fsp3) is 1.00. The minimum absolute atomic E-state index is 0.277. The molecule has 1 heterocycles. The van der Waals surface area contributed by atoms with Gasteiger partial charge in [-0.1, -0.05) is 0 Å². The van der Waals surface area contributed by atoms with Crippen molar-refractivity contribution in [1.29, 1.82) is 0 Å². The van der Waals surface area contributed by atoms with Crippen LogP contribution in [0.25, 0.3) is 0 Å². The molecule has 0 aromatic heterocycles. The normalized spacial score (nSPS) is 33.2. The Morgan fingerprint density at radius 1 is 1.33 bits per heavy atom. The topological polar surface area (TPSA) is 29.5 Å². The molecule has 2 aliphatic rings. The number of ether oxygens (including phenoxy) is 1. The lowest BCUT2D eigenvalue weighted by Gasteiger charge is -2.23. The van der Waals surface area contributed by atoms with Crippen LogP contribution in [-0.4, -0.2) is 23.4 Å². The molecule has 1 saturated heterocycles. The molecule has 1 saturated carbocycles. The summed E-state index contributed by atoms with van der Waals surface area (Å²) in [6.45, 7) is 0.934. The minimum Gasteiger partial charge on any atom is -0.390 e. The average Bonchev–Trinajstić information content (AvgIpc) is 2.84. The van der Waals surface area contributed by atoms with Crippen molar-refractivity contribution >= 4 is 0 Å². The summed E-state index contributed by atoms with van der Waals surface area (Å²) >= 11 is 0. The molecule has 1 N–H and O–H groups in total. The van der Waals surface area contributed by atoms with Gasteiger partial charge in [-0.05, 0) is 44.9 Å². The Morgan fingerprint density at radius 3 is 2.75 bits per heavy atom. The smallest absolute Gasteiger partial charge is 0.0651 e. The number of rotatable bonds is 3. The summed E-state index contributed by atoms with van der Waals surface area (Å²) in [6, 6.07) is 0. The molecule has 1 atom stereocenters. The van der Waals surface area contributed by atoms with E-state index in [1.807, 2.05) is 0 Å². The van der Waals surface area contributed by atoms with E-state index in [1.165, 1.54) is 19.3 Å². The predicted octanol–water partition coefficient (Wildman–Crippen LogP) is 1.86. The fourth-order valence-corrected chi connectivity index (χ4v) is 1.86. The highest BCUT2D eigenvalue weighted by Gasteiger charge is 2.40. The average molecular weight is 170 g/mol. The minimum atomic E-state index is -0.277. The molecule has 1 aliphatic heterocycles. The van der Waals surface area contributed by atoms with E-state index in [2.05, 4.69) is 0 Å². The van der Waals surface area contributed by atoms with Crippen LogP contribution in [0.3, 0.4) is 0 Å². The maximum Gasteiger partial charge on any atom is 0.0651 e. The number of aliphatic hydroxyl groups is 1. The van der Waals surface area contributed by atoms with Crippen LogP contribution in [0.5, 0.6) is 0 Å². The zero-order valence-corrected chi connectivity index (χ0v) is 7.59. The summed E-state index contributed by atoms with van der Waals surface area (Å²) in [5, 5.41) is 9.60. The molecule has 2 rings (SSSR count). The van der Waals surface area contributed by atoms with Crippen LogP contribution >= 0.6 is 0 Å². The Labute approximate surface area is 73.9 Å². The van der Waals surface area contributed by atoms with Crippen molar-refractivity contribution in [2.75, 3.05) is 6.61 Å². The molecule has 0 aromatic rings. The van der Waals surface area contributed by atoms with Gasteiger partial charge in [0.05, 0.1) is 11.7 Å². The second-order valence-corrected chi connectivity index (χ2v) is 4.25. The summed E-state index contributed by atoms with van der Waals surface area (Å²) in [6.07, 6.45) is 8.23. The molecule has 0 radical (unpaired) electrons. The van der Waals surface area contributed by atoms with Crippen molar-refractivity contribution in [2.24, 2.45) is 0 Å². The van der Waals surface area contributed by atoms with Crippen LogP contribution in [0.1, 0.15) is 44.9 Å². The lowest BCUT2D eigenvalue weighted by Crippen LogP contribution is -2.21. The molecule has 2 fully saturated rings. The zero-order valence-electron chi connectivity index (χ0n) is 7.59. The molecule has 70 valence electrons. The Kier molecular flexibility index (Phi) is 2.37. The maximum absolute atomic E-state index is 9.60. The van der Waals surface area contributed by atoms with Crippen LogP contribution in [0.2, 0.25) is 0 Å². The Morgan fingerprint density at radius 2 is 2.17 bits per heavy atom. The van der Waals surface area contributed by atoms with Crippen LogP contribution in [0.15, 0.2) is 0 Å². The van der Waals surface area contributed by atoms with Gasteiger partial charge in [0, 0.05) is 6.61 Å². The van der Waals surface area contributed by atoms with Gasteiger partial charge in [-0.15, -0.1) is 0 Å². The summed E-state index contributed by atoms with van der Waals surface area (Å²) in [5.41, 5.74) is -0.277. The first-order chi connectivity index (χ1) is 5.79. The van der Waals surface area contributed by atoms with Gasteiger partial charge in [0.25, 0.3) is 0 Å². The second-order valence-electron chi connectivity index (χ2n) is 4.25. The molecule has 1 aliphatic carbocycles. The molecule has 2 heteroatoms. The number of hydrogen-bond donors (Lipinski definition) is 1. The van der Waals surface area contributed by atoms with Gasteiger partial charge in [0.1, 0.15) is 0 Å². The largest absolute Gasteiger partial charge is 0.390 e. The lowest BCUT2D eigenvalue weighted by atomic mass is 10.0. The van der Waals surface area contributed by atoms with Gasteiger partial charge in [0.15, 0.2) is 0 Å². The van der Waals surface area contributed by atoms with Crippen molar-refractivity contribution < 1.29 is 9.84 Å². The van der Waals surface area contributed by atoms with E-state index in [1.54, 1.807) is 0 Å². The highest BCUT2D eigenvalue weighted by molar-refractivity contribution is 4.93. The lowest BCUT2D eigenvalue weighted by molar-refractivity contribution is -0.000205. The van der Waals surface area contributed by atoms with Gasteiger partial charge in [-0.2, -0.15) is 0 Å². The third-order valence-electron chi connectivity index (χ3n) is 3.03. The summed E-state index contributed by atoms with van der Waals surface area (Å²) < 4.78 is 5.59. The zero-order chi connectivity index (χ0) is 8.44. The summed E-state index contributed by atoms with van der Waals surface area (Å²) in [5.74, 6) is 0. The Bertz CT molecular complexity index is 146. The molecule has 12 heavy (non-hydrogen) atoms. The quantitative estimate of drug-likeness (QED) is 0.700. The highest BCUT2D eigenvalue weighted by atomic mass is 16.5. The standard InChI is InChI=1S/C10H18O2/c11-10(6-7-10)5-4-9-3-1-2-8-12-9/h9,11H,1-8H2. The Hall–Kier alpha value is -0.0800. The van der Waals surface area contributed by atoms with Crippen molar-refractivity contribution in [2.45, 2.75) is 56.7 Å². The van der Waals surface area contributed by atoms with Crippen LogP contribution in [-0.2, 0) is 4.74 Å². The van der Waals surface area contributed by atoms with E-state index in [0.29, 0.717) is 6.10 Å². The van der Waals surface area contributed by atoms with Crippen LogP contribution < -0.4 is 0 Å². The van der Waals surface area contributed by atoms with Crippen molar-refractivity contribution in [3.05, 3.63) is 0 Å². The van der Waals surface area contributed by atoms with E-state index < -0.39 is 0 Å². The molecule has 0 aromatic carbocycles. The third kappa shape index (κ3) is 2.20. The predicted molar refractivity (Wildman–Crippen MR) is 47.0 cm³/mol. The molecular formula is C10H18O2. The van der Waals surface area contributed by atoms with Gasteiger partial charge in [-0.25, -0.2) is 0 Å². The molecule has 0 spiro atoms. The molecule has 2 nitrogen and oxygen atoms in total.